The van der Waals surface area contributed by atoms with E-state index < -0.39 is 0 Å². The molecule has 0 saturated carbocycles. The van der Waals surface area contributed by atoms with Gasteiger partial charge in [0.05, 0.1) is 11.4 Å². The molecule has 0 fully saturated rings. The van der Waals surface area contributed by atoms with E-state index in [2.05, 4.69) is 30.9 Å². The highest BCUT2D eigenvalue weighted by molar-refractivity contribution is 5.51. The number of aromatic nitrogens is 3. The SMILES string of the molecule is Cc1nc2c(C)c(C)[nH]n2c1C. The van der Waals surface area contributed by atoms with Crippen LogP contribution in [0, 0.1) is 27.7 Å². The standard InChI is InChI=1S/C9H13N3/c1-5-6(2)11-12-8(4)7(3)10-9(5)12/h11H,1-4H3. The van der Waals surface area contributed by atoms with Gasteiger partial charge in [0.15, 0.2) is 5.65 Å². The maximum Gasteiger partial charge on any atom is 0.156 e. The summed E-state index contributed by atoms with van der Waals surface area (Å²) in [5.41, 5.74) is 5.79. The average Bonchev–Trinajstić information content (AvgIpc) is 2.43. The van der Waals surface area contributed by atoms with E-state index in [0.29, 0.717) is 0 Å². The fraction of sp³-hybridized carbons (Fsp3) is 0.444. The van der Waals surface area contributed by atoms with Crippen LogP contribution in [-0.4, -0.2) is 14.6 Å². The van der Waals surface area contributed by atoms with Gasteiger partial charge in [-0.15, -0.1) is 0 Å². The molecule has 2 heterocycles. The maximum absolute atomic E-state index is 4.46. The third-order valence-electron chi connectivity index (χ3n) is 2.52. The summed E-state index contributed by atoms with van der Waals surface area (Å²) >= 11 is 0. The van der Waals surface area contributed by atoms with E-state index >= 15 is 0 Å². The highest BCUT2D eigenvalue weighted by atomic mass is 15.3. The zero-order valence-corrected chi connectivity index (χ0v) is 7.89. The van der Waals surface area contributed by atoms with Gasteiger partial charge in [-0.05, 0) is 27.7 Å². The van der Waals surface area contributed by atoms with E-state index in [1.165, 1.54) is 17.0 Å². The molecular weight excluding hydrogens is 150 g/mol. The van der Waals surface area contributed by atoms with Gasteiger partial charge in [-0.25, -0.2) is 9.50 Å². The molecular formula is C9H13N3. The van der Waals surface area contributed by atoms with Gasteiger partial charge in [-0.3, -0.25) is 5.10 Å². The highest BCUT2D eigenvalue weighted by Crippen LogP contribution is 2.16. The molecule has 2 aromatic rings. The number of nitrogens with one attached hydrogen (secondary N) is 1. The Labute approximate surface area is 71.4 Å². The quantitative estimate of drug-likeness (QED) is 0.632. The molecule has 64 valence electrons. The van der Waals surface area contributed by atoms with Crippen molar-refractivity contribution in [3.8, 4) is 0 Å². The van der Waals surface area contributed by atoms with Crippen LogP contribution in [0.1, 0.15) is 22.6 Å². The zero-order chi connectivity index (χ0) is 8.88. The smallest absolute Gasteiger partial charge is 0.156 e. The van der Waals surface area contributed by atoms with E-state index in [0.717, 1.165) is 11.3 Å². The molecule has 3 nitrogen and oxygen atoms in total. The first kappa shape index (κ1) is 7.40. The van der Waals surface area contributed by atoms with E-state index in [4.69, 9.17) is 0 Å². The first-order valence-corrected chi connectivity index (χ1v) is 4.12. The van der Waals surface area contributed by atoms with Gasteiger partial charge in [0.25, 0.3) is 0 Å². The van der Waals surface area contributed by atoms with Gasteiger partial charge in [-0.1, -0.05) is 0 Å². The second kappa shape index (κ2) is 2.12. The summed E-state index contributed by atoms with van der Waals surface area (Å²) in [6, 6.07) is 0. The lowest BCUT2D eigenvalue weighted by Crippen LogP contribution is -1.87. The Morgan fingerprint density at radius 3 is 2.42 bits per heavy atom. The molecule has 12 heavy (non-hydrogen) atoms. The number of rotatable bonds is 0. The lowest BCUT2D eigenvalue weighted by Gasteiger charge is -1.89. The first-order valence-electron chi connectivity index (χ1n) is 4.12. The number of fused-ring (bicyclic) bond motifs is 1. The van der Waals surface area contributed by atoms with Gasteiger partial charge in [0, 0.05) is 11.3 Å². The number of imidazole rings is 1. The summed E-state index contributed by atoms with van der Waals surface area (Å²) in [6.07, 6.45) is 0. The maximum atomic E-state index is 4.46. The highest BCUT2D eigenvalue weighted by Gasteiger charge is 2.09. The summed E-state index contributed by atoms with van der Waals surface area (Å²) in [7, 11) is 0. The second-order valence-corrected chi connectivity index (χ2v) is 3.30. The van der Waals surface area contributed by atoms with Crippen molar-refractivity contribution in [3.63, 3.8) is 0 Å². The lowest BCUT2D eigenvalue weighted by molar-refractivity contribution is 0.901. The van der Waals surface area contributed by atoms with Crippen molar-refractivity contribution in [2.24, 2.45) is 0 Å². The summed E-state index contributed by atoms with van der Waals surface area (Å²) < 4.78 is 2.04. The summed E-state index contributed by atoms with van der Waals surface area (Å²) in [5.74, 6) is 0. The van der Waals surface area contributed by atoms with E-state index in [-0.39, 0.29) is 0 Å². The van der Waals surface area contributed by atoms with Gasteiger partial charge in [0.2, 0.25) is 0 Å². The van der Waals surface area contributed by atoms with Crippen LogP contribution >= 0.6 is 0 Å². The lowest BCUT2D eigenvalue weighted by atomic mass is 10.3. The van der Waals surface area contributed by atoms with Gasteiger partial charge >= 0.3 is 0 Å². The minimum absolute atomic E-state index is 1.06. The van der Waals surface area contributed by atoms with Crippen LogP contribution in [0.15, 0.2) is 0 Å². The largest absolute Gasteiger partial charge is 0.297 e. The minimum Gasteiger partial charge on any atom is -0.297 e. The molecule has 2 aromatic heterocycles. The monoisotopic (exact) mass is 163 g/mol. The number of aryl methyl sites for hydroxylation is 4. The molecule has 0 amide bonds. The van der Waals surface area contributed by atoms with Crippen LogP contribution in [0.2, 0.25) is 0 Å². The van der Waals surface area contributed by atoms with Gasteiger partial charge in [0.1, 0.15) is 0 Å². The second-order valence-electron chi connectivity index (χ2n) is 3.30. The summed E-state index contributed by atoms with van der Waals surface area (Å²) in [4.78, 5) is 4.46. The summed E-state index contributed by atoms with van der Waals surface area (Å²) in [6.45, 7) is 8.27. The fourth-order valence-electron chi connectivity index (χ4n) is 1.42. The third-order valence-corrected chi connectivity index (χ3v) is 2.52. The van der Waals surface area contributed by atoms with Crippen LogP contribution in [0.4, 0.5) is 0 Å². The van der Waals surface area contributed by atoms with Crippen molar-refractivity contribution in [3.05, 3.63) is 22.6 Å². The minimum atomic E-state index is 1.06. The topological polar surface area (TPSA) is 33.1 Å². The third kappa shape index (κ3) is 0.734. The Balaban J connectivity index is 2.93. The van der Waals surface area contributed by atoms with Crippen LogP contribution in [-0.2, 0) is 0 Å². The molecule has 0 saturated heterocycles. The molecule has 0 aliphatic heterocycles. The zero-order valence-electron chi connectivity index (χ0n) is 7.89. The Morgan fingerprint density at radius 2 is 1.83 bits per heavy atom. The van der Waals surface area contributed by atoms with Crippen LogP contribution in [0.25, 0.3) is 5.65 Å². The Morgan fingerprint density at radius 1 is 1.17 bits per heavy atom. The fourth-order valence-corrected chi connectivity index (χ4v) is 1.42. The van der Waals surface area contributed by atoms with E-state index in [1.54, 1.807) is 0 Å². The molecule has 0 radical (unpaired) electrons. The normalized spacial score (nSPS) is 11.3. The molecule has 0 unspecified atom stereocenters. The Hall–Kier alpha value is -1.25. The predicted octanol–water partition coefficient (Wildman–Crippen LogP) is 1.90. The molecule has 0 aliphatic rings. The molecule has 0 bridgehead atoms. The number of nitrogens with zero attached hydrogens (tertiary/aromatic N) is 2. The van der Waals surface area contributed by atoms with Crippen molar-refractivity contribution in [2.45, 2.75) is 27.7 Å². The Bertz CT molecular complexity index is 392. The molecule has 0 aliphatic carbocycles. The molecule has 0 spiro atoms. The van der Waals surface area contributed by atoms with Crippen molar-refractivity contribution in [1.29, 1.82) is 0 Å². The Kier molecular flexibility index (Phi) is 1.31. The number of aromatic amines is 1. The number of hydrogen-bond acceptors (Lipinski definition) is 1. The number of H-pyrrole nitrogens is 1. The molecule has 0 atom stereocenters. The predicted molar refractivity (Wildman–Crippen MR) is 48.5 cm³/mol. The number of hydrogen-bond donors (Lipinski definition) is 1. The summed E-state index contributed by atoms with van der Waals surface area (Å²) in [5, 5.41) is 3.27. The molecule has 2 rings (SSSR count). The van der Waals surface area contributed by atoms with Crippen LogP contribution in [0.3, 0.4) is 0 Å². The van der Waals surface area contributed by atoms with Crippen molar-refractivity contribution >= 4 is 5.65 Å². The van der Waals surface area contributed by atoms with E-state index in [9.17, 15) is 0 Å². The molecule has 0 aromatic carbocycles. The van der Waals surface area contributed by atoms with Gasteiger partial charge < -0.3 is 0 Å². The van der Waals surface area contributed by atoms with Crippen LogP contribution in [0.5, 0.6) is 0 Å². The first-order chi connectivity index (χ1) is 5.61. The van der Waals surface area contributed by atoms with Crippen molar-refractivity contribution < 1.29 is 0 Å². The van der Waals surface area contributed by atoms with Crippen molar-refractivity contribution in [1.82, 2.24) is 14.6 Å². The van der Waals surface area contributed by atoms with Crippen LogP contribution < -0.4 is 0 Å². The van der Waals surface area contributed by atoms with Crippen molar-refractivity contribution in [2.75, 3.05) is 0 Å². The molecule has 3 heteroatoms. The average molecular weight is 163 g/mol. The van der Waals surface area contributed by atoms with E-state index in [1.807, 2.05) is 11.4 Å². The van der Waals surface area contributed by atoms with Gasteiger partial charge in [-0.2, -0.15) is 0 Å². The molecule has 1 N–H and O–H groups in total.